The molecule has 0 saturated heterocycles. The van der Waals surface area contributed by atoms with Gasteiger partial charge in [-0.15, -0.1) is 0 Å². The van der Waals surface area contributed by atoms with Gasteiger partial charge in [0.2, 0.25) is 0 Å². The van der Waals surface area contributed by atoms with Gasteiger partial charge in [0.25, 0.3) is 6.43 Å². The van der Waals surface area contributed by atoms with Gasteiger partial charge in [-0.2, -0.15) is 0 Å². The number of nitrogen functional groups attached to an aromatic ring is 1. The van der Waals surface area contributed by atoms with E-state index >= 15 is 0 Å². The first kappa shape index (κ1) is 12.8. The highest BCUT2D eigenvalue weighted by Gasteiger charge is 2.17. The summed E-state index contributed by atoms with van der Waals surface area (Å²) < 4.78 is 29.4. The number of carbonyl (C=O) groups is 1. The molecular formula is C9H9BrF2N2O2. The van der Waals surface area contributed by atoms with Gasteiger partial charge in [0.1, 0.15) is 10.3 Å². The summed E-state index contributed by atoms with van der Waals surface area (Å²) in [6, 6.07) is 1.29. The first-order valence-corrected chi connectivity index (χ1v) is 5.04. The molecule has 2 N–H and O–H groups in total. The number of nitrogens with zero attached hydrogens (tertiary/aromatic N) is 1. The van der Waals surface area contributed by atoms with Crippen LogP contribution in [0, 0.1) is 0 Å². The number of pyridine rings is 1. The van der Waals surface area contributed by atoms with Crippen molar-refractivity contribution < 1.29 is 18.3 Å². The van der Waals surface area contributed by atoms with E-state index in [-0.39, 0.29) is 16.7 Å². The van der Waals surface area contributed by atoms with Crippen LogP contribution in [-0.4, -0.2) is 18.1 Å². The van der Waals surface area contributed by atoms with E-state index in [2.05, 4.69) is 25.7 Å². The van der Waals surface area contributed by atoms with E-state index in [1.807, 2.05) is 0 Å². The van der Waals surface area contributed by atoms with Crippen LogP contribution in [0.25, 0.3) is 0 Å². The molecule has 0 aliphatic rings. The highest BCUT2D eigenvalue weighted by molar-refractivity contribution is 9.10. The second-order valence-corrected chi connectivity index (χ2v) is 3.72. The molecule has 16 heavy (non-hydrogen) atoms. The largest absolute Gasteiger partial charge is 0.469 e. The van der Waals surface area contributed by atoms with Crippen LogP contribution in [-0.2, 0) is 16.0 Å². The van der Waals surface area contributed by atoms with Crippen molar-refractivity contribution in [2.75, 3.05) is 12.8 Å². The quantitative estimate of drug-likeness (QED) is 0.685. The fraction of sp³-hybridized carbons (Fsp3) is 0.333. The molecular weight excluding hydrogens is 286 g/mol. The molecule has 0 fully saturated rings. The van der Waals surface area contributed by atoms with Crippen molar-refractivity contribution in [3.05, 3.63) is 21.9 Å². The molecule has 4 nitrogen and oxygen atoms in total. The maximum absolute atomic E-state index is 12.4. The third-order valence-electron chi connectivity index (χ3n) is 1.88. The highest BCUT2D eigenvalue weighted by Crippen LogP contribution is 2.27. The molecule has 0 aromatic carbocycles. The Balaban J connectivity index is 3.05. The number of nitrogens with two attached hydrogens (primary N) is 1. The topological polar surface area (TPSA) is 65.2 Å². The van der Waals surface area contributed by atoms with Crippen LogP contribution in [0.3, 0.4) is 0 Å². The Kier molecular flexibility index (Phi) is 4.17. The molecule has 0 bridgehead atoms. The lowest BCUT2D eigenvalue weighted by molar-refractivity contribution is -0.139. The van der Waals surface area contributed by atoms with E-state index in [1.165, 1.54) is 13.2 Å². The van der Waals surface area contributed by atoms with Gasteiger partial charge in [-0.1, -0.05) is 0 Å². The molecule has 1 aromatic heterocycles. The van der Waals surface area contributed by atoms with Crippen molar-refractivity contribution in [1.82, 2.24) is 4.98 Å². The predicted octanol–water partition coefficient (Wildman–Crippen LogP) is 2.08. The molecule has 0 saturated carbocycles. The minimum Gasteiger partial charge on any atom is -0.469 e. The third-order valence-corrected chi connectivity index (χ3v) is 2.56. The average molecular weight is 295 g/mol. The zero-order chi connectivity index (χ0) is 12.3. The SMILES string of the molecule is COC(=O)Cc1cc(N)c(C(F)F)nc1Br. The van der Waals surface area contributed by atoms with E-state index in [0.29, 0.717) is 5.56 Å². The van der Waals surface area contributed by atoms with Crippen LogP contribution in [0.2, 0.25) is 0 Å². The Morgan fingerprint density at radius 2 is 2.31 bits per heavy atom. The number of rotatable bonds is 3. The lowest BCUT2D eigenvalue weighted by atomic mass is 10.1. The zero-order valence-electron chi connectivity index (χ0n) is 8.34. The van der Waals surface area contributed by atoms with Gasteiger partial charge in [0, 0.05) is 0 Å². The minimum absolute atomic E-state index is 0.0716. The fourth-order valence-corrected chi connectivity index (χ4v) is 1.54. The summed E-state index contributed by atoms with van der Waals surface area (Å²) in [4.78, 5) is 14.6. The summed E-state index contributed by atoms with van der Waals surface area (Å²) in [5, 5.41) is 0. The molecule has 0 unspecified atom stereocenters. The second kappa shape index (κ2) is 5.20. The second-order valence-electron chi connectivity index (χ2n) is 2.97. The Bertz CT molecular complexity index is 413. The molecule has 0 spiro atoms. The lowest BCUT2D eigenvalue weighted by Gasteiger charge is -2.08. The summed E-state index contributed by atoms with van der Waals surface area (Å²) in [6.45, 7) is 0. The zero-order valence-corrected chi connectivity index (χ0v) is 9.92. The van der Waals surface area contributed by atoms with Gasteiger partial charge < -0.3 is 10.5 Å². The van der Waals surface area contributed by atoms with Crippen LogP contribution < -0.4 is 5.73 Å². The first-order chi connectivity index (χ1) is 7.45. The Morgan fingerprint density at radius 3 is 2.81 bits per heavy atom. The van der Waals surface area contributed by atoms with Crippen LogP contribution in [0.4, 0.5) is 14.5 Å². The number of halogens is 3. The monoisotopic (exact) mass is 294 g/mol. The Hall–Kier alpha value is -1.24. The standard InChI is InChI=1S/C9H9BrF2N2O2/c1-16-6(15)3-4-2-5(13)7(9(11)12)14-8(4)10/h2,9H,3,13H2,1H3. The number of alkyl halides is 2. The molecule has 88 valence electrons. The average Bonchev–Trinajstić information content (AvgIpc) is 2.22. The van der Waals surface area contributed by atoms with Crippen molar-refractivity contribution in [3.63, 3.8) is 0 Å². The van der Waals surface area contributed by atoms with Crippen LogP contribution in [0.5, 0.6) is 0 Å². The van der Waals surface area contributed by atoms with Crippen molar-refractivity contribution in [2.24, 2.45) is 0 Å². The molecule has 1 heterocycles. The van der Waals surface area contributed by atoms with E-state index < -0.39 is 18.1 Å². The fourth-order valence-electron chi connectivity index (χ4n) is 1.09. The number of aromatic nitrogens is 1. The molecule has 0 radical (unpaired) electrons. The van der Waals surface area contributed by atoms with Crippen molar-refractivity contribution in [2.45, 2.75) is 12.8 Å². The summed E-state index contributed by atoms with van der Waals surface area (Å²) in [5.74, 6) is -0.494. The number of ether oxygens (including phenoxy) is 1. The molecule has 1 aromatic rings. The van der Waals surface area contributed by atoms with Crippen LogP contribution in [0.1, 0.15) is 17.7 Å². The molecule has 0 aliphatic carbocycles. The minimum atomic E-state index is -2.75. The first-order valence-electron chi connectivity index (χ1n) is 4.25. The summed E-state index contributed by atoms with van der Waals surface area (Å²) in [7, 11) is 1.24. The third kappa shape index (κ3) is 2.88. The summed E-state index contributed by atoms with van der Waals surface area (Å²) in [6.07, 6.45) is -2.82. The maximum atomic E-state index is 12.4. The van der Waals surface area contributed by atoms with Crippen molar-refractivity contribution >= 4 is 27.6 Å². The van der Waals surface area contributed by atoms with E-state index in [0.717, 1.165) is 0 Å². The Morgan fingerprint density at radius 1 is 1.69 bits per heavy atom. The molecule has 0 aliphatic heterocycles. The lowest BCUT2D eigenvalue weighted by Crippen LogP contribution is -2.08. The summed E-state index contributed by atoms with van der Waals surface area (Å²) in [5.41, 5.74) is 5.16. The molecule has 0 amide bonds. The van der Waals surface area contributed by atoms with Gasteiger partial charge >= 0.3 is 5.97 Å². The summed E-state index contributed by atoms with van der Waals surface area (Å²) >= 11 is 3.00. The smallest absolute Gasteiger partial charge is 0.310 e. The van der Waals surface area contributed by atoms with E-state index in [4.69, 9.17) is 5.73 Å². The molecule has 1 rings (SSSR count). The number of hydrogen-bond acceptors (Lipinski definition) is 4. The van der Waals surface area contributed by atoms with Crippen LogP contribution >= 0.6 is 15.9 Å². The van der Waals surface area contributed by atoms with E-state index in [1.54, 1.807) is 0 Å². The number of hydrogen-bond donors (Lipinski definition) is 1. The maximum Gasteiger partial charge on any atom is 0.310 e. The number of anilines is 1. The normalized spacial score (nSPS) is 10.6. The van der Waals surface area contributed by atoms with E-state index in [9.17, 15) is 13.6 Å². The number of carbonyl (C=O) groups excluding carboxylic acids is 1. The molecule has 7 heteroatoms. The van der Waals surface area contributed by atoms with Gasteiger partial charge in [-0.25, -0.2) is 13.8 Å². The van der Waals surface area contributed by atoms with Crippen molar-refractivity contribution in [3.8, 4) is 0 Å². The Labute approximate surface area is 98.9 Å². The predicted molar refractivity (Wildman–Crippen MR) is 57.0 cm³/mol. The van der Waals surface area contributed by atoms with Gasteiger partial charge in [0.05, 0.1) is 19.2 Å². The van der Waals surface area contributed by atoms with Gasteiger partial charge in [-0.3, -0.25) is 4.79 Å². The van der Waals surface area contributed by atoms with Crippen molar-refractivity contribution in [1.29, 1.82) is 0 Å². The molecule has 0 atom stereocenters. The van der Waals surface area contributed by atoms with Crippen LogP contribution in [0.15, 0.2) is 10.7 Å². The van der Waals surface area contributed by atoms with Gasteiger partial charge in [-0.05, 0) is 27.6 Å². The number of methoxy groups -OCH3 is 1. The van der Waals surface area contributed by atoms with Gasteiger partial charge in [0.15, 0.2) is 0 Å². The highest BCUT2D eigenvalue weighted by atomic mass is 79.9. The number of esters is 1.